The van der Waals surface area contributed by atoms with Gasteiger partial charge in [0.05, 0.1) is 0 Å². The summed E-state index contributed by atoms with van der Waals surface area (Å²) >= 11 is 0. The van der Waals surface area contributed by atoms with E-state index in [1.54, 1.807) is 0 Å². The molecule has 9 rings (SSSR count). The van der Waals surface area contributed by atoms with Crippen LogP contribution >= 0.6 is 0 Å². The van der Waals surface area contributed by atoms with Crippen LogP contribution in [-0.4, -0.2) is 0 Å². The summed E-state index contributed by atoms with van der Waals surface area (Å²) in [6.45, 7) is 0. The van der Waals surface area contributed by atoms with Gasteiger partial charge in [-0.05, 0) is 117 Å². The largest absolute Gasteiger partial charge is 0.310 e. The van der Waals surface area contributed by atoms with Crippen LogP contribution in [0, 0.1) is 0 Å². The summed E-state index contributed by atoms with van der Waals surface area (Å²) in [6.07, 6.45) is 0. The van der Waals surface area contributed by atoms with Crippen LogP contribution in [0.25, 0.3) is 43.8 Å². The molecule has 246 valence electrons. The van der Waals surface area contributed by atoms with E-state index in [2.05, 4.69) is 228 Å². The molecule has 0 aliphatic rings. The van der Waals surface area contributed by atoms with Crippen LogP contribution in [0.5, 0.6) is 0 Å². The maximum absolute atomic E-state index is 2.39. The minimum atomic E-state index is 1.11. The van der Waals surface area contributed by atoms with Crippen molar-refractivity contribution in [3.63, 3.8) is 0 Å². The molecule has 0 bridgehead atoms. The first kappa shape index (κ1) is 31.1. The van der Waals surface area contributed by atoms with Crippen LogP contribution < -0.4 is 9.80 Å². The molecule has 2 heteroatoms. The van der Waals surface area contributed by atoms with E-state index in [9.17, 15) is 0 Å². The molecule has 2 nitrogen and oxygen atoms in total. The fourth-order valence-corrected chi connectivity index (χ4v) is 7.52. The molecule has 0 aromatic heterocycles. The Hall–Kier alpha value is -6.90. The lowest BCUT2D eigenvalue weighted by molar-refractivity contribution is 1.29. The van der Waals surface area contributed by atoms with Crippen LogP contribution in [-0.2, 0) is 0 Å². The monoisotopic (exact) mass is 664 g/mol. The smallest absolute Gasteiger partial charge is 0.0468 e. The lowest BCUT2D eigenvalue weighted by Crippen LogP contribution is -2.10. The summed E-state index contributed by atoms with van der Waals surface area (Å²) in [5.41, 5.74) is 11.5. The summed E-state index contributed by atoms with van der Waals surface area (Å²) in [6, 6.07) is 78.3. The van der Waals surface area contributed by atoms with Crippen molar-refractivity contribution in [3.05, 3.63) is 218 Å². The predicted molar refractivity (Wildman–Crippen MR) is 222 cm³/mol. The maximum atomic E-state index is 2.39. The van der Waals surface area contributed by atoms with Gasteiger partial charge in [0, 0.05) is 34.1 Å². The molecule has 0 saturated heterocycles. The first-order chi connectivity index (χ1) is 25.8. The molecule has 0 N–H and O–H groups in total. The van der Waals surface area contributed by atoms with Gasteiger partial charge in [-0.3, -0.25) is 0 Å². The highest BCUT2D eigenvalue weighted by Gasteiger charge is 2.21. The quantitative estimate of drug-likeness (QED) is 0.149. The molecule has 9 aromatic rings. The van der Waals surface area contributed by atoms with Crippen LogP contribution in [0.3, 0.4) is 0 Å². The van der Waals surface area contributed by atoms with Crippen LogP contribution in [0.1, 0.15) is 0 Å². The second-order valence-corrected chi connectivity index (χ2v) is 13.0. The summed E-state index contributed by atoms with van der Waals surface area (Å²) in [5.74, 6) is 0. The third-order valence-corrected chi connectivity index (χ3v) is 9.78. The van der Waals surface area contributed by atoms with Gasteiger partial charge in [0.2, 0.25) is 0 Å². The van der Waals surface area contributed by atoms with Crippen molar-refractivity contribution < 1.29 is 0 Å². The molecule has 0 aliphatic heterocycles. The second-order valence-electron chi connectivity index (χ2n) is 13.0. The Balaban J connectivity index is 1.37. The second kappa shape index (κ2) is 13.8. The molecule has 0 saturated carbocycles. The van der Waals surface area contributed by atoms with E-state index in [0.29, 0.717) is 0 Å². The van der Waals surface area contributed by atoms with Crippen molar-refractivity contribution in [1.82, 2.24) is 0 Å². The van der Waals surface area contributed by atoms with Crippen molar-refractivity contribution >= 4 is 55.7 Å². The Bertz CT molecular complexity index is 2320. The van der Waals surface area contributed by atoms with Crippen molar-refractivity contribution in [3.8, 4) is 22.3 Å². The fraction of sp³-hybridized carbons (Fsp3) is 0. The average molecular weight is 665 g/mol. The number of nitrogens with zero attached hydrogens (tertiary/aromatic N) is 2. The summed E-state index contributed by atoms with van der Waals surface area (Å²) in [5, 5.41) is 4.85. The van der Waals surface area contributed by atoms with E-state index in [-0.39, 0.29) is 0 Å². The minimum Gasteiger partial charge on any atom is -0.310 e. The molecule has 0 amide bonds. The lowest BCUT2D eigenvalue weighted by atomic mass is 9.85. The van der Waals surface area contributed by atoms with Crippen LogP contribution in [0.2, 0.25) is 0 Å². The van der Waals surface area contributed by atoms with E-state index in [4.69, 9.17) is 0 Å². The molecule has 0 fully saturated rings. The zero-order chi connectivity index (χ0) is 34.7. The molecular formula is C50H36N2. The van der Waals surface area contributed by atoms with Crippen LogP contribution in [0.15, 0.2) is 218 Å². The highest BCUT2D eigenvalue weighted by Crippen LogP contribution is 2.48. The SMILES string of the molecule is c1ccc(-c2c3ccc(N(c4ccccc4)c4ccccc4)cc3c(-c3ccccc3)c3ccc(N(c4ccccc4)c4ccccc4)cc23)cc1. The van der Waals surface area contributed by atoms with Crippen molar-refractivity contribution in [2.75, 3.05) is 9.80 Å². The molecular weight excluding hydrogens is 629 g/mol. The van der Waals surface area contributed by atoms with Gasteiger partial charge in [-0.2, -0.15) is 0 Å². The Morgan fingerprint density at radius 1 is 0.212 bits per heavy atom. The van der Waals surface area contributed by atoms with Crippen molar-refractivity contribution in [2.45, 2.75) is 0 Å². The van der Waals surface area contributed by atoms with Gasteiger partial charge in [0.15, 0.2) is 0 Å². The van der Waals surface area contributed by atoms with Gasteiger partial charge in [-0.1, -0.05) is 146 Å². The Morgan fingerprint density at radius 3 is 0.769 bits per heavy atom. The molecule has 0 unspecified atom stereocenters. The highest BCUT2D eigenvalue weighted by molar-refractivity contribution is 6.22. The van der Waals surface area contributed by atoms with Gasteiger partial charge in [-0.15, -0.1) is 0 Å². The molecule has 0 spiro atoms. The molecule has 0 radical (unpaired) electrons. The normalized spacial score (nSPS) is 11.1. The predicted octanol–water partition coefficient (Wildman–Crippen LogP) is 14.3. The van der Waals surface area contributed by atoms with Crippen molar-refractivity contribution in [2.24, 2.45) is 0 Å². The Labute approximate surface area is 305 Å². The molecule has 0 aliphatic carbocycles. The zero-order valence-corrected chi connectivity index (χ0v) is 28.7. The number of fused-ring (bicyclic) bond motifs is 2. The lowest BCUT2D eigenvalue weighted by Gasteiger charge is -2.28. The summed E-state index contributed by atoms with van der Waals surface area (Å²) in [4.78, 5) is 4.70. The molecule has 52 heavy (non-hydrogen) atoms. The van der Waals surface area contributed by atoms with E-state index in [0.717, 1.165) is 34.1 Å². The highest BCUT2D eigenvalue weighted by atomic mass is 15.1. The summed E-state index contributed by atoms with van der Waals surface area (Å²) in [7, 11) is 0. The number of benzene rings is 9. The van der Waals surface area contributed by atoms with Gasteiger partial charge in [0.1, 0.15) is 0 Å². The standard InChI is InChI=1S/C50H36N2/c1-7-19-37(20-8-1)49-45-33-31-44(52(41-27-15-5-16-28-41)42-29-17-6-18-30-42)36-48(45)50(38-21-9-2-10-22-38)46-34-32-43(35-47(46)49)51(39-23-11-3-12-24-39)40-25-13-4-14-26-40/h1-36H. The van der Waals surface area contributed by atoms with E-state index in [1.807, 2.05) is 0 Å². The first-order valence-corrected chi connectivity index (χ1v) is 17.8. The topological polar surface area (TPSA) is 6.48 Å². The van der Waals surface area contributed by atoms with Gasteiger partial charge < -0.3 is 9.80 Å². The Kier molecular flexibility index (Phi) is 8.24. The van der Waals surface area contributed by atoms with Crippen LogP contribution in [0.4, 0.5) is 34.1 Å². The minimum absolute atomic E-state index is 1.11. The van der Waals surface area contributed by atoms with Gasteiger partial charge in [-0.25, -0.2) is 0 Å². The average Bonchev–Trinajstić information content (AvgIpc) is 3.22. The maximum Gasteiger partial charge on any atom is 0.0468 e. The molecule has 9 aromatic carbocycles. The van der Waals surface area contributed by atoms with Crippen molar-refractivity contribution in [1.29, 1.82) is 0 Å². The zero-order valence-electron chi connectivity index (χ0n) is 28.7. The van der Waals surface area contributed by atoms with Gasteiger partial charge >= 0.3 is 0 Å². The van der Waals surface area contributed by atoms with Gasteiger partial charge in [0.25, 0.3) is 0 Å². The Morgan fingerprint density at radius 2 is 0.481 bits per heavy atom. The third kappa shape index (κ3) is 5.77. The van der Waals surface area contributed by atoms with E-state index in [1.165, 1.54) is 43.8 Å². The number of para-hydroxylation sites is 4. The molecule has 0 atom stereocenters. The third-order valence-electron chi connectivity index (χ3n) is 9.78. The number of hydrogen-bond donors (Lipinski definition) is 0. The molecule has 0 heterocycles. The number of anilines is 6. The van der Waals surface area contributed by atoms with E-state index < -0.39 is 0 Å². The van der Waals surface area contributed by atoms with E-state index >= 15 is 0 Å². The number of rotatable bonds is 8. The first-order valence-electron chi connectivity index (χ1n) is 17.8. The fourth-order valence-electron chi connectivity index (χ4n) is 7.52. The number of hydrogen-bond acceptors (Lipinski definition) is 2. The summed E-state index contributed by atoms with van der Waals surface area (Å²) < 4.78 is 0.